The van der Waals surface area contributed by atoms with Crippen LogP contribution in [0.5, 0.6) is 0 Å². The van der Waals surface area contributed by atoms with Crippen LogP contribution in [0.1, 0.15) is 19.3 Å². The van der Waals surface area contributed by atoms with Crippen LogP contribution in [0.25, 0.3) is 22.3 Å². The number of rotatable bonds is 4. The van der Waals surface area contributed by atoms with E-state index < -0.39 is 0 Å². The van der Waals surface area contributed by atoms with Crippen molar-refractivity contribution in [3.05, 3.63) is 31.0 Å². The third kappa shape index (κ3) is 2.98. The lowest BCUT2D eigenvalue weighted by Gasteiger charge is -2.52. The number of amides is 2. The maximum Gasteiger partial charge on any atom is 0.314 e. The summed E-state index contributed by atoms with van der Waals surface area (Å²) in [5.74, 6) is 0. The molecule has 10 heteroatoms. The topological polar surface area (TPSA) is 133 Å². The molecule has 30 heavy (non-hydrogen) atoms. The molecule has 2 fully saturated rings. The molecule has 10 nitrogen and oxygen atoms in total. The number of hydrogen-bond donors (Lipinski definition) is 2. The zero-order chi connectivity index (χ0) is 20.7. The second-order valence-corrected chi connectivity index (χ2v) is 8.12. The second kappa shape index (κ2) is 7.11. The normalized spacial score (nSPS) is 24.5. The maximum atomic E-state index is 11.3. The number of carbonyl (C=O) groups excluding carboxylic acids is 1. The maximum absolute atomic E-state index is 11.3. The van der Waals surface area contributed by atoms with E-state index in [2.05, 4.69) is 31.0 Å². The van der Waals surface area contributed by atoms with E-state index in [0.29, 0.717) is 25.6 Å². The molecule has 154 valence electrons. The summed E-state index contributed by atoms with van der Waals surface area (Å²) in [7, 11) is 0. The number of carbonyl (C=O) groups is 1. The van der Waals surface area contributed by atoms with E-state index in [4.69, 9.17) is 5.73 Å². The molecule has 0 bridgehead atoms. The van der Waals surface area contributed by atoms with Gasteiger partial charge in [-0.3, -0.25) is 9.58 Å². The molecule has 3 aromatic heterocycles. The Hall–Kier alpha value is -3.45. The van der Waals surface area contributed by atoms with Gasteiger partial charge in [-0.05, 0) is 18.9 Å². The van der Waals surface area contributed by atoms with Gasteiger partial charge in [0.15, 0.2) is 0 Å². The van der Waals surface area contributed by atoms with E-state index in [1.165, 1.54) is 0 Å². The molecule has 3 aromatic rings. The first kappa shape index (κ1) is 18.6. The van der Waals surface area contributed by atoms with Crippen molar-refractivity contribution in [3.63, 3.8) is 0 Å². The van der Waals surface area contributed by atoms with E-state index in [-0.39, 0.29) is 11.6 Å². The summed E-state index contributed by atoms with van der Waals surface area (Å²) in [6.45, 7) is 2.94. The second-order valence-electron chi connectivity index (χ2n) is 8.12. The highest BCUT2D eigenvalue weighted by Gasteiger charge is 2.49. The van der Waals surface area contributed by atoms with Gasteiger partial charge in [0.2, 0.25) is 0 Å². The Kier molecular flexibility index (Phi) is 4.40. The van der Waals surface area contributed by atoms with Gasteiger partial charge in [-0.2, -0.15) is 10.4 Å². The Balaban J connectivity index is 1.34. The van der Waals surface area contributed by atoms with Crippen LogP contribution in [0.2, 0.25) is 0 Å². The van der Waals surface area contributed by atoms with Crippen LogP contribution in [-0.4, -0.2) is 72.8 Å². The van der Waals surface area contributed by atoms with Crippen molar-refractivity contribution in [1.29, 1.82) is 5.26 Å². The van der Waals surface area contributed by atoms with Crippen LogP contribution in [0, 0.1) is 11.3 Å². The highest BCUT2D eigenvalue weighted by molar-refractivity contribution is 5.90. The number of H-pyrrole nitrogens is 1. The Morgan fingerprint density at radius 2 is 2.10 bits per heavy atom. The number of primary amides is 1. The van der Waals surface area contributed by atoms with Gasteiger partial charge in [-0.15, -0.1) is 0 Å². The lowest BCUT2D eigenvalue weighted by molar-refractivity contribution is -0.0125. The summed E-state index contributed by atoms with van der Waals surface area (Å²) >= 11 is 0. The minimum absolute atomic E-state index is 0.303. The van der Waals surface area contributed by atoms with Crippen molar-refractivity contribution >= 4 is 17.1 Å². The number of nitrogens with two attached hydrogens (primary N) is 1. The van der Waals surface area contributed by atoms with E-state index >= 15 is 0 Å². The molecule has 1 aliphatic heterocycles. The molecule has 2 amide bonds. The summed E-state index contributed by atoms with van der Waals surface area (Å²) in [5.41, 5.74) is 7.62. The molecule has 0 unspecified atom stereocenters. The molecular formula is C20H23N9O. The zero-order valence-corrected chi connectivity index (χ0v) is 16.5. The Bertz CT molecular complexity index is 1110. The van der Waals surface area contributed by atoms with E-state index in [9.17, 15) is 10.1 Å². The standard InChI is InChI=1S/C20H23N9O/c21-3-2-20(9-15(10-20)27-5-7-28(8-6-27)19(22)30)29-12-14(11-26-29)17-16-1-4-23-18(16)25-13-24-17/h1,4,11-13,15H,2,5-10H2,(H2,22,30)(H,23,24,25). The van der Waals surface area contributed by atoms with E-state index in [0.717, 1.165) is 48.2 Å². The number of aromatic amines is 1. The minimum atomic E-state index is -0.354. The summed E-state index contributed by atoms with van der Waals surface area (Å²) in [6, 6.07) is 4.34. The first-order valence-corrected chi connectivity index (χ1v) is 10.1. The Labute approximate surface area is 173 Å². The van der Waals surface area contributed by atoms with Crippen LogP contribution in [0.3, 0.4) is 0 Å². The van der Waals surface area contributed by atoms with Gasteiger partial charge < -0.3 is 15.6 Å². The average molecular weight is 405 g/mol. The lowest BCUT2D eigenvalue weighted by Crippen LogP contribution is -2.61. The highest BCUT2D eigenvalue weighted by atomic mass is 16.2. The summed E-state index contributed by atoms with van der Waals surface area (Å²) < 4.78 is 1.95. The number of hydrogen-bond acceptors (Lipinski definition) is 6. The van der Waals surface area contributed by atoms with E-state index in [1.807, 2.05) is 29.3 Å². The van der Waals surface area contributed by atoms with Crippen molar-refractivity contribution in [3.8, 4) is 17.3 Å². The zero-order valence-electron chi connectivity index (χ0n) is 16.5. The number of urea groups is 1. The number of fused-ring (bicyclic) bond motifs is 1. The van der Waals surface area contributed by atoms with Crippen molar-refractivity contribution in [1.82, 2.24) is 34.5 Å². The molecular weight excluding hydrogens is 382 g/mol. The molecule has 4 heterocycles. The monoisotopic (exact) mass is 405 g/mol. The minimum Gasteiger partial charge on any atom is -0.351 e. The summed E-state index contributed by atoms with van der Waals surface area (Å²) in [6.07, 6.45) is 9.33. The predicted octanol–water partition coefficient (Wildman–Crippen LogP) is 1.29. The molecule has 5 rings (SSSR count). The molecule has 0 atom stereocenters. The Morgan fingerprint density at radius 3 is 2.83 bits per heavy atom. The molecule has 1 saturated heterocycles. The number of aromatic nitrogens is 5. The van der Waals surface area contributed by atoms with Gasteiger partial charge in [-0.1, -0.05) is 0 Å². The van der Waals surface area contributed by atoms with Crippen molar-refractivity contribution in [2.45, 2.75) is 30.8 Å². The fraction of sp³-hybridized carbons (Fsp3) is 0.450. The fourth-order valence-corrected chi connectivity index (χ4v) is 4.75. The quantitative estimate of drug-likeness (QED) is 0.672. The Morgan fingerprint density at radius 1 is 1.30 bits per heavy atom. The molecule has 0 spiro atoms. The lowest BCUT2D eigenvalue weighted by atomic mass is 9.70. The summed E-state index contributed by atoms with van der Waals surface area (Å²) in [5, 5.41) is 15.0. The van der Waals surface area contributed by atoms with Crippen molar-refractivity contribution in [2.24, 2.45) is 5.73 Å². The number of nitriles is 1. The molecule has 0 aromatic carbocycles. The third-order valence-electron chi connectivity index (χ3n) is 6.48. The molecule has 1 saturated carbocycles. The summed E-state index contributed by atoms with van der Waals surface area (Å²) in [4.78, 5) is 27.2. The van der Waals surface area contributed by atoms with Gasteiger partial charge >= 0.3 is 6.03 Å². The first-order valence-electron chi connectivity index (χ1n) is 10.1. The van der Waals surface area contributed by atoms with Crippen molar-refractivity contribution in [2.75, 3.05) is 26.2 Å². The van der Waals surface area contributed by atoms with Crippen LogP contribution < -0.4 is 5.73 Å². The van der Waals surface area contributed by atoms with Crippen molar-refractivity contribution < 1.29 is 4.79 Å². The SMILES string of the molecule is N#CCC1(n2cc(-c3ncnc4[nH]ccc34)cn2)CC(N2CCN(C(N)=O)CC2)C1. The van der Waals surface area contributed by atoms with Crippen LogP contribution in [0.4, 0.5) is 4.79 Å². The number of piperazine rings is 1. The largest absolute Gasteiger partial charge is 0.351 e. The van der Waals surface area contributed by atoms with E-state index in [1.54, 1.807) is 11.2 Å². The third-order valence-corrected chi connectivity index (χ3v) is 6.48. The van der Waals surface area contributed by atoms with Crippen LogP contribution in [-0.2, 0) is 5.54 Å². The predicted molar refractivity (Wildman–Crippen MR) is 109 cm³/mol. The first-order chi connectivity index (χ1) is 14.6. The van der Waals surface area contributed by atoms with Crippen LogP contribution in [0.15, 0.2) is 31.0 Å². The molecule has 0 radical (unpaired) electrons. The van der Waals surface area contributed by atoms with Gasteiger partial charge in [-0.25, -0.2) is 14.8 Å². The number of nitrogens with one attached hydrogen (secondary N) is 1. The fourth-order valence-electron chi connectivity index (χ4n) is 4.75. The number of nitrogens with zero attached hydrogens (tertiary/aromatic N) is 7. The molecule has 2 aliphatic rings. The smallest absolute Gasteiger partial charge is 0.314 e. The molecule has 3 N–H and O–H groups in total. The van der Waals surface area contributed by atoms with Crippen LogP contribution >= 0.6 is 0 Å². The van der Waals surface area contributed by atoms with Gasteiger partial charge in [0.1, 0.15) is 12.0 Å². The van der Waals surface area contributed by atoms with Gasteiger partial charge in [0, 0.05) is 55.6 Å². The highest BCUT2D eigenvalue weighted by Crippen LogP contribution is 2.45. The van der Waals surface area contributed by atoms with Gasteiger partial charge in [0.05, 0.1) is 29.9 Å². The van der Waals surface area contributed by atoms with Gasteiger partial charge in [0.25, 0.3) is 0 Å². The molecule has 1 aliphatic carbocycles. The average Bonchev–Trinajstić information content (AvgIpc) is 3.40.